The Morgan fingerprint density at radius 1 is 1.60 bits per heavy atom. The van der Waals surface area contributed by atoms with Gasteiger partial charge < -0.3 is 0 Å². The third-order valence-corrected chi connectivity index (χ3v) is 2.87. The van der Waals surface area contributed by atoms with Gasteiger partial charge in [0.25, 0.3) is 0 Å². The summed E-state index contributed by atoms with van der Waals surface area (Å²) in [6, 6.07) is 1.59. The Morgan fingerprint density at radius 2 is 2.10 bits per heavy atom. The normalized spacial score (nSPS) is 11.4. The van der Waals surface area contributed by atoms with Crippen LogP contribution in [-0.4, -0.2) is 32.1 Å². The monoisotopic (exact) mass is 162 g/mol. The van der Waals surface area contributed by atoms with E-state index in [1.807, 2.05) is 0 Å². The predicted octanol–water partition coefficient (Wildman–Crippen LogP) is -0.209. The van der Waals surface area contributed by atoms with Crippen molar-refractivity contribution in [1.29, 1.82) is 5.26 Å². The van der Waals surface area contributed by atoms with Gasteiger partial charge in [0, 0.05) is 13.6 Å². The summed E-state index contributed by atoms with van der Waals surface area (Å²) in [5, 5.41) is 8.09. The number of hydrogen-bond donors (Lipinski definition) is 0. The van der Waals surface area contributed by atoms with Crippen molar-refractivity contribution in [3.63, 3.8) is 0 Å². The van der Waals surface area contributed by atoms with Gasteiger partial charge in [-0.25, -0.2) is 12.7 Å². The molecule has 0 unspecified atom stereocenters. The minimum atomic E-state index is -3.29. The van der Waals surface area contributed by atoms with Crippen molar-refractivity contribution >= 4 is 10.0 Å². The molecule has 0 aliphatic carbocycles. The Kier molecular flexibility index (Phi) is 3.33. The quantitative estimate of drug-likeness (QED) is 0.577. The fourth-order valence-corrected chi connectivity index (χ4v) is 1.17. The van der Waals surface area contributed by atoms with Crippen LogP contribution in [0.3, 0.4) is 0 Å². The van der Waals surface area contributed by atoms with Crippen LogP contribution in [0.5, 0.6) is 0 Å². The summed E-state index contributed by atoms with van der Waals surface area (Å²) in [6.45, 7) is 2.12. The molecule has 0 spiro atoms. The number of hydrogen-bond acceptors (Lipinski definition) is 3. The van der Waals surface area contributed by atoms with E-state index in [1.54, 1.807) is 13.0 Å². The molecule has 0 aromatic carbocycles. The van der Waals surface area contributed by atoms with Crippen LogP contribution in [0, 0.1) is 11.3 Å². The summed E-state index contributed by atoms with van der Waals surface area (Å²) >= 11 is 0. The van der Waals surface area contributed by atoms with E-state index >= 15 is 0 Å². The smallest absolute Gasteiger partial charge is 0.211 e. The molecule has 0 amide bonds. The van der Waals surface area contributed by atoms with Crippen molar-refractivity contribution in [2.75, 3.05) is 19.3 Å². The number of rotatable bonds is 3. The van der Waals surface area contributed by atoms with Crippen LogP contribution in [0.4, 0.5) is 0 Å². The summed E-state index contributed by atoms with van der Waals surface area (Å²) in [5.74, 6) is -0.433. The first kappa shape index (κ1) is 9.40. The van der Waals surface area contributed by atoms with Gasteiger partial charge in [0.1, 0.15) is 0 Å². The molecule has 0 fully saturated rings. The highest BCUT2D eigenvalue weighted by atomic mass is 32.2. The molecule has 0 saturated carbocycles. The second-order valence-electron chi connectivity index (χ2n) is 1.83. The molecule has 0 aromatic rings. The summed E-state index contributed by atoms with van der Waals surface area (Å²) < 4.78 is 22.9. The summed E-state index contributed by atoms with van der Waals surface area (Å²) in [5.41, 5.74) is 0. The summed E-state index contributed by atoms with van der Waals surface area (Å²) in [7, 11) is -1.84. The topological polar surface area (TPSA) is 61.2 Å². The average molecular weight is 162 g/mol. The van der Waals surface area contributed by atoms with Gasteiger partial charge in [-0.05, 0) is 0 Å². The van der Waals surface area contributed by atoms with Crippen LogP contribution in [0.2, 0.25) is 0 Å². The molecule has 0 N–H and O–H groups in total. The van der Waals surface area contributed by atoms with E-state index in [4.69, 9.17) is 5.26 Å². The first-order valence-corrected chi connectivity index (χ1v) is 4.46. The third kappa shape index (κ3) is 2.33. The zero-order valence-electron chi connectivity index (χ0n) is 6.03. The highest BCUT2D eigenvalue weighted by Gasteiger charge is 2.14. The first-order valence-electron chi connectivity index (χ1n) is 2.85. The van der Waals surface area contributed by atoms with E-state index in [2.05, 4.69) is 0 Å². The predicted molar refractivity (Wildman–Crippen MR) is 37.7 cm³/mol. The minimum absolute atomic E-state index is 0.407. The van der Waals surface area contributed by atoms with Gasteiger partial charge in [-0.1, -0.05) is 6.92 Å². The number of nitrogens with zero attached hydrogens (tertiary/aromatic N) is 2. The lowest BCUT2D eigenvalue weighted by molar-refractivity contribution is 0.489. The van der Waals surface area contributed by atoms with Gasteiger partial charge in [-0.15, -0.1) is 0 Å². The van der Waals surface area contributed by atoms with E-state index in [0.29, 0.717) is 6.54 Å². The fraction of sp³-hybridized carbons (Fsp3) is 0.800. The summed E-state index contributed by atoms with van der Waals surface area (Å²) in [4.78, 5) is 0. The molecule has 0 atom stereocenters. The molecule has 0 aliphatic heterocycles. The zero-order chi connectivity index (χ0) is 8.20. The average Bonchev–Trinajstić information content (AvgIpc) is 1.86. The fourth-order valence-electron chi connectivity index (χ4n) is 0.388. The van der Waals surface area contributed by atoms with Gasteiger partial charge in [0.15, 0.2) is 5.75 Å². The molecule has 0 rings (SSSR count). The van der Waals surface area contributed by atoms with Crippen molar-refractivity contribution < 1.29 is 8.42 Å². The second-order valence-corrected chi connectivity index (χ2v) is 3.90. The highest BCUT2D eigenvalue weighted by molar-refractivity contribution is 7.89. The van der Waals surface area contributed by atoms with Crippen molar-refractivity contribution in [3.8, 4) is 6.07 Å². The van der Waals surface area contributed by atoms with Crippen LogP contribution in [0.15, 0.2) is 0 Å². The molecule has 58 valence electrons. The van der Waals surface area contributed by atoms with Crippen LogP contribution in [0.25, 0.3) is 0 Å². The Hall–Kier alpha value is -0.600. The molecule has 0 saturated heterocycles. The lowest BCUT2D eigenvalue weighted by atomic mass is 10.8. The Bertz CT molecular complexity index is 227. The molecule has 4 nitrogen and oxygen atoms in total. The third-order valence-electron chi connectivity index (χ3n) is 1.17. The number of nitriles is 1. The highest BCUT2D eigenvalue weighted by Crippen LogP contribution is 1.94. The van der Waals surface area contributed by atoms with Gasteiger partial charge in [0.2, 0.25) is 10.0 Å². The maximum absolute atomic E-state index is 10.9. The molecule has 5 heteroatoms. The lowest BCUT2D eigenvalue weighted by Gasteiger charge is -2.10. The van der Waals surface area contributed by atoms with Crippen LogP contribution >= 0.6 is 0 Å². The maximum atomic E-state index is 10.9. The SMILES string of the molecule is CCN(C)S(=O)(=O)CC#N. The van der Waals surface area contributed by atoms with Crippen molar-refractivity contribution in [3.05, 3.63) is 0 Å². The molecule has 0 radical (unpaired) electrons. The standard InChI is InChI=1S/C5H10N2O2S/c1-3-7(2)10(8,9)5-4-6/h3,5H2,1-2H3. The van der Waals surface area contributed by atoms with Gasteiger partial charge >= 0.3 is 0 Å². The van der Waals surface area contributed by atoms with E-state index in [-0.39, 0.29) is 0 Å². The Morgan fingerprint density at radius 3 is 2.40 bits per heavy atom. The Balaban J connectivity index is 4.30. The van der Waals surface area contributed by atoms with E-state index in [0.717, 1.165) is 4.31 Å². The van der Waals surface area contributed by atoms with Gasteiger partial charge in [-0.2, -0.15) is 5.26 Å². The molecule has 10 heavy (non-hydrogen) atoms. The lowest BCUT2D eigenvalue weighted by Crippen LogP contribution is -2.28. The molecule has 0 aromatic heterocycles. The van der Waals surface area contributed by atoms with Crippen LogP contribution < -0.4 is 0 Å². The number of sulfonamides is 1. The molecule has 0 bridgehead atoms. The Labute approximate surface area is 61.1 Å². The van der Waals surface area contributed by atoms with Crippen molar-refractivity contribution in [2.24, 2.45) is 0 Å². The van der Waals surface area contributed by atoms with Crippen molar-refractivity contribution in [2.45, 2.75) is 6.92 Å². The largest absolute Gasteiger partial charge is 0.227 e. The van der Waals surface area contributed by atoms with E-state index in [9.17, 15) is 8.42 Å². The van der Waals surface area contributed by atoms with Crippen LogP contribution in [0.1, 0.15) is 6.92 Å². The molecular formula is C5H10N2O2S. The van der Waals surface area contributed by atoms with E-state index in [1.165, 1.54) is 7.05 Å². The maximum Gasteiger partial charge on any atom is 0.227 e. The second kappa shape index (κ2) is 3.54. The zero-order valence-corrected chi connectivity index (χ0v) is 6.85. The first-order chi connectivity index (χ1) is 4.54. The minimum Gasteiger partial charge on any atom is -0.211 e. The van der Waals surface area contributed by atoms with Gasteiger partial charge in [-0.3, -0.25) is 0 Å². The molecule has 0 heterocycles. The van der Waals surface area contributed by atoms with Gasteiger partial charge in [0.05, 0.1) is 6.07 Å². The molecule has 0 aliphatic rings. The summed E-state index contributed by atoms with van der Waals surface area (Å²) in [6.07, 6.45) is 0. The van der Waals surface area contributed by atoms with E-state index < -0.39 is 15.8 Å². The van der Waals surface area contributed by atoms with Crippen molar-refractivity contribution in [1.82, 2.24) is 4.31 Å². The molecular weight excluding hydrogens is 152 g/mol. The van der Waals surface area contributed by atoms with Crippen LogP contribution in [-0.2, 0) is 10.0 Å².